The summed E-state index contributed by atoms with van der Waals surface area (Å²) in [5.74, 6) is 2.21. The molecule has 0 unspecified atom stereocenters. The maximum absolute atomic E-state index is 12.0. The van der Waals surface area contributed by atoms with Crippen LogP contribution in [-0.4, -0.2) is 42.2 Å². The smallest absolute Gasteiger partial charge is 0.307 e. The zero-order valence-electron chi connectivity index (χ0n) is 18.2. The molecule has 0 radical (unpaired) electrons. The number of benzene rings is 1. The molecule has 3 rings (SSSR count). The first-order valence-electron chi connectivity index (χ1n) is 10.4. The number of hydrogen-bond acceptors (Lipinski definition) is 6. The lowest BCUT2D eigenvalue weighted by Crippen LogP contribution is -2.40. The van der Waals surface area contributed by atoms with E-state index in [-0.39, 0.29) is 12.0 Å². The molecular weight excluding hydrogens is 368 g/mol. The van der Waals surface area contributed by atoms with Crippen molar-refractivity contribution in [2.45, 2.75) is 66.0 Å². The average Bonchev–Trinajstić information content (AvgIpc) is 3.05. The van der Waals surface area contributed by atoms with E-state index in [0.29, 0.717) is 25.5 Å². The molecule has 29 heavy (non-hydrogen) atoms. The van der Waals surface area contributed by atoms with Crippen LogP contribution >= 0.6 is 0 Å². The zero-order valence-corrected chi connectivity index (χ0v) is 18.2. The lowest BCUT2D eigenvalue weighted by molar-refractivity contribution is -0.145. The maximum atomic E-state index is 12.0. The Morgan fingerprint density at radius 3 is 2.76 bits per heavy atom. The van der Waals surface area contributed by atoms with Crippen molar-refractivity contribution in [2.24, 2.45) is 0 Å². The predicted octanol–water partition coefficient (Wildman–Crippen LogP) is 4.58. The van der Waals surface area contributed by atoms with Gasteiger partial charge in [-0.25, -0.2) is 4.98 Å². The van der Waals surface area contributed by atoms with Crippen molar-refractivity contribution in [2.75, 3.05) is 20.3 Å². The van der Waals surface area contributed by atoms with Crippen LogP contribution in [0, 0.1) is 20.8 Å². The fraction of sp³-hybridized carbons (Fsp3) is 0.565. The van der Waals surface area contributed by atoms with Gasteiger partial charge in [-0.2, -0.15) is 0 Å². The Morgan fingerprint density at radius 2 is 2.03 bits per heavy atom. The topological polar surface area (TPSA) is 64.8 Å². The second kappa shape index (κ2) is 9.44. The molecule has 0 N–H and O–H groups in total. The minimum Gasteiger partial charge on any atom is -0.496 e. The van der Waals surface area contributed by atoms with Crippen molar-refractivity contribution in [3.63, 3.8) is 0 Å². The van der Waals surface area contributed by atoms with Gasteiger partial charge >= 0.3 is 5.97 Å². The van der Waals surface area contributed by atoms with Gasteiger partial charge in [-0.3, -0.25) is 9.69 Å². The Bertz CT molecular complexity index is 859. The molecule has 1 aromatic carbocycles. The monoisotopic (exact) mass is 400 g/mol. The Labute approximate surface area is 173 Å². The van der Waals surface area contributed by atoms with Crippen LogP contribution in [0.2, 0.25) is 0 Å². The van der Waals surface area contributed by atoms with E-state index in [1.54, 1.807) is 7.11 Å². The minimum atomic E-state index is -0.119. The molecule has 6 heteroatoms. The molecule has 1 aliphatic rings. The molecule has 0 aliphatic carbocycles. The Kier molecular flexibility index (Phi) is 6.96. The van der Waals surface area contributed by atoms with Crippen LogP contribution in [0.1, 0.15) is 55.2 Å². The van der Waals surface area contributed by atoms with Crippen LogP contribution in [0.4, 0.5) is 0 Å². The SMILES string of the molecule is CCOC(=O)C[C@H]1CCCCN1Cc1nc(-c2ccc(OC)c(C)c2C)oc1C. The van der Waals surface area contributed by atoms with Crippen LogP contribution in [0.25, 0.3) is 11.5 Å². The maximum Gasteiger partial charge on any atom is 0.307 e. The molecule has 1 saturated heterocycles. The van der Waals surface area contributed by atoms with Crippen molar-refractivity contribution in [1.82, 2.24) is 9.88 Å². The van der Waals surface area contributed by atoms with Crippen LogP contribution < -0.4 is 4.74 Å². The van der Waals surface area contributed by atoms with E-state index in [0.717, 1.165) is 59.7 Å². The first-order valence-corrected chi connectivity index (χ1v) is 10.4. The van der Waals surface area contributed by atoms with Crippen molar-refractivity contribution in [1.29, 1.82) is 0 Å². The quantitative estimate of drug-likeness (QED) is 0.634. The number of ether oxygens (including phenoxy) is 2. The molecule has 158 valence electrons. The van der Waals surface area contributed by atoms with Gasteiger partial charge in [0.15, 0.2) is 0 Å². The summed E-state index contributed by atoms with van der Waals surface area (Å²) in [6.45, 7) is 9.99. The molecule has 6 nitrogen and oxygen atoms in total. The lowest BCUT2D eigenvalue weighted by Gasteiger charge is -2.34. The lowest BCUT2D eigenvalue weighted by atomic mass is 9.99. The van der Waals surface area contributed by atoms with E-state index in [1.165, 1.54) is 0 Å². The number of methoxy groups -OCH3 is 1. The van der Waals surface area contributed by atoms with Gasteiger partial charge in [-0.1, -0.05) is 6.42 Å². The Balaban J connectivity index is 1.79. The zero-order chi connectivity index (χ0) is 21.0. The number of esters is 1. The normalized spacial score (nSPS) is 17.3. The van der Waals surface area contributed by atoms with Gasteiger partial charge in [0.1, 0.15) is 11.5 Å². The second-order valence-electron chi connectivity index (χ2n) is 7.72. The highest BCUT2D eigenvalue weighted by atomic mass is 16.5. The van der Waals surface area contributed by atoms with Crippen molar-refractivity contribution < 1.29 is 18.7 Å². The summed E-state index contributed by atoms with van der Waals surface area (Å²) >= 11 is 0. The van der Waals surface area contributed by atoms with Gasteiger partial charge in [0.2, 0.25) is 5.89 Å². The summed E-state index contributed by atoms with van der Waals surface area (Å²) in [6.07, 6.45) is 3.74. The van der Waals surface area contributed by atoms with Crippen LogP contribution in [0.15, 0.2) is 16.5 Å². The van der Waals surface area contributed by atoms with Gasteiger partial charge in [0.25, 0.3) is 0 Å². The molecule has 0 saturated carbocycles. The molecule has 1 atom stereocenters. The summed E-state index contributed by atoms with van der Waals surface area (Å²) in [7, 11) is 1.68. The summed E-state index contributed by atoms with van der Waals surface area (Å²) < 4.78 is 16.6. The van der Waals surface area contributed by atoms with Gasteiger partial charge in [0.05, 0.1) is 25.8 Å². The van der Waals surface area contributed by atoms with E-state index in [9.17, 15) is 4.79 Å². The molecule has 1 fully saturated rings. The number of aryl methyl sites for hydroxylation is 1. The summed E-state index contributed by atoms with van der Waals surface area (Å²) in [5, 5.41) is 0. The average molecular weight is 401 g/mol. The number of carbonyl (C=O) groups is 1. The fourth-order valence-electron chi connectivity index (χ4n) is 4.04. The number of likely N-dealkylation sites (tertiary alicyclic amines) is 1. The number of aromatic nitrogens is 1. The van der Waals surface area contributed by atoms with Gasteiger partial charge < -0.3 is 13.9 Å². The molecule has 0 amide bonds. The van der Waals surface area contributed by atoms with Gasteiger partial charge in [0, 0.05) is 18.2 Å². The van der Waals surface area contributed by atoms with Crippen molar-refractivity contribution >= 4 is 5.97 Å². The van der Waals surface area contributed by atoms with Gasteiger partial charge in [-0.05, 0) is 70.3 Å². The first kappa shape index (κ1) is 21.4. The molecule has 0 spiro atoms. The van der Waals surface area contributed by atoms with E-state index >= 15 is 0 Å². The van der Waals surface area contributed by atoms with E-state index in [1.807, 2.05) is 32.9 Å². The van der Waals surface area contributed by atoms with Crippen molar-refractivity contribution in [3.8, 4) is 17.2 Å². The summed E-state index contributed by atoms with van der Waals surface area (Å²) in [6, 6.07) is 4.16. The van der Waals surface area contributed by atoms with Crippen molar-refractivity contribution in [3.05, 3.63) is 34.7 Å². The molecular formula is C23H32N2O4. The largest absolute Gasteiger partial charge is 0.496 e. The van der Waals surface area contributed by atoms with Crippen LogP contribution in [-0.2, 0) is 16.1 Å². The van der Waals surface area contributed by atoms with E-state index in [4.69, 9.17) is 18.9 Å². The number of rotatable bonds is 7. The molecule has 2 heterocycles. The second-order valence-corrected chi connectivity index (χ2v) is 7.72. The molecule has 0 bridgehead atoms. The summed E-state index contributed by atoms with van der Waals surface area (Å²) in [4.78, 5) is 19.2. The van der Waals surface area contributed by atoms with Crippen LogP contribution in [0.5, 0.6) is 5.75 Å². The number of carbonyl (C=O) groups excluding carboxylic acids is 1. The van der Waals surface area contributed by atoms with E-state index in [2.05, 4.69) is 11.8 Å². The van der Waals surface area contributed by atoms with Crippen LogP contribution in [0.3, 0.4) is 0 Å². The number of nitrogens with zero attached hydrogens (tertiary/aromatic N) is 2. The highest BCUT2D eigenvalue weighted by molar-refractivity contribution is 5.70. The van der Waals surface area contributed by atoms with E-state index < -0.39 is 0 Å². The number of piperidine rings is 1. The van der Waals surface area contributed by atoms with Gasteiger partial charge in [-0.15, -0.1) is 0 Å². The molecule has 1 aliphatic heterocycles. The number of hydrogen-bond donors (Lipinski definition) is 0. The highest BCUT2D eigenvalue weighted by Gasteiger charge is 2.27. The molecule has 2 aromatic rings. The first-order chi connectivity index (χ1) is 13.9. The third-order valence-electron chi connectivity index (χ3n) is 5.89. The standard InChI is InChI=1S/C23H32N2O4/c1-6-28-22(26)13-18-9-7-8-12-25(18)14-20-17(4)29-23(24-20)19-10-11-21(27-5)16(3)15(19)2/h10-11,18H,6-9,12-14H2,1-5H3/t18-/m1/s1. The fourth-order valence-corrected chi connectivity index (χ4v) is 4.04. The molecule has 1 aromatic heterocycles. The number of oxazole rings is 1. The summed E-state index contributed by atoms with van der Waals surface area (Å²) in [5.41, 5.74) is 4.12. The minimum absolute atomic E-state index is 0.119. The highest BCUT2D eigenvalue weighted by Crippen LogP contribution is 2.32. The predicted molar refractivity (Wildman–Crippen MR) is 112 cm³/mol. The Morgan fingerprint density at radius 1 is 1.24 bits per heavy atom. The third-order valence-corrected chi connectivity index (χ3v) is 5.89. The third kappa shape index (κ3) is 4.81. The Hall–Kier alpha value is -2.34.